The second kappa shape index (κ2) is 3.76. The molecule has 0 saturated heterocycles. The zero-order chi connectivity index (χ0) is 11.8. The van der Waals surface area contributed by atoms with Crippen LogP contribution in [0, 0.1) is 16.7 Å². The van der Waals surface area contributed by atoms with Gasteiger partial charge in [0.05, 0.1) is 11.5 Å². The summed E-state index contributed by atoms with van der Waals surface area (Å²) in [6.07, 6.45) is 2.51. The lowest BCUT2D eigenvalue weighted by Gasteiger charge is -2.46. The monoisotopic (exact) mass is 235 g/mol. The molecule has 1 N–H and O–H groups in total. The second-order valence-electron chi connectivity index (χ2n) is 4.63. The molecule has 0 amide bonds. The molecule has 0 bridgehead atoms. The van der Waals surface area contributed by atoms with Gasteiger partial charge < -0.3 is 5.11 Å². The molecule has 1 aliphatic rings. The number of aliphatic hydroxyl groups is 1. The number of hydrogen-bond donors (Lipinski definition) is 1. The first-order valence-electron chi connectivity index (χ1n) is 5.41. The van der Waals surface area contributed by atoms with E-state index in [2.05, 4.69) is 6.07 Å². The highest BCUT2D eigenvalue weighted by Gasteiger charge is 2.52. The number of rotatable bonds is 2. The number of nitriles is 1. The van der Waals surface area contributed by atoms with Gasteiger partial charge in [-0.3, -0.25) is 0 Å². The van der Waals surface area contributed by atoms with Crippen LogP contribution in [0.5, 0.6) is 0 Å². The molecule has 1 fully saturated rings. The zero-order valence-corrected chi connectivity index (χ0v) is 9.96. The molecule has 2 nitrogen and oxygen atoms in total. The predicted molar refractivity (Wildman–Crippen MR) is 62.9 cm³/mol. The molecule has 0 radical (unpaired) electrons. The van der Waals surface area contributed by atoms with Crippen molar-refractivity contribution >= 4 is 11.6 Å². The molecule has 3 heteroatoms. The van der Waals surface area contributed by atoms with E-state index in [1.54, 1.807) is 25.1 Å². The fourth-order valence-electron chi connectivity index (χ4n) is 2.31. The summed E-state index contributed by atoms with van der Waals surface area (Å²) >= 11 is 5.91. The van der Waals surface area contributed by atoms with E-state index < -0.39 is 11.0 Å². The third-order valence-corrected chi connectivity index (χ3v) is 3.97. The standard InChI is InChI=1S/C13H14ClNO/c1-12(16,13(9-15)6-3-7-13)10-4-2-5-11(14)8-10/h2,4-5,8,16H,3,6-7H2,1H3. The van der Waals surface area contributed by atoms with Crippen molar-refractivity contribution in [1.82, 2.24) is 0 Å². The first-order valence-corrected chi connectivity index (χ1v) is 5.79. The third kappa shape index (κ3) is 1.52. The predicted octanol–water partition coefficient (Wildman–Crippen LogP) is 3.24. The second-order valence-corrected chi connectivity index (χ2v) is 5.07. The van der Waals surface area contributed by atoms with Crippen molar-refractivity contribution in [2.24, 2.45) is 5.41 Å². The van der Waals surface area contributed by atoms with Crippen molar-refractivity contribution in [3.8, 4) is 6.07 Å². The van der Waals surface area contributed by atoms with Crippen LogP contribution in [0.3, 0.4) is 0 Å². The molecule has 1 aromatic rings. The molecular formula is C13H14ClNO. The van der Waals surface area contributed by atoms with Crippen LogP contribution >= 0.6 is 11.6 Å². The van der Waals surface area contributed by atoms with Crippen molar-refractivity contribution in [2.45, 2.75) is 31.8 Å². The fourth-order valence-corrected chi connectivity index (χ4v) is 2.50. The van der Waals surface area contributed by atoms with Gasteiger partial charge in [-0.1, -0.05) is 30.2 Å². The maximum Gasteiger partial charge on any atom is 0.105 e. The van der Waals surface area contributed by atoms with Crippen LogP contribution in [0.25, 0.3) is 0 Å². The van der Waals surface area contributed by atoms with Crippen LogP contribution in [-0.2, 0) is 5.60 Å². The average Bonchev–Trinajstić information content (AvgIpc) is 2.16. The van der Waals surface area contributed by atoms with Gasteiger partial charge in [-0.25, -0.2) is 0 Å². The largest absolute Gasteiger partial charge is 0.384 e. The van der Waals surface area contributed by atoms with E-state index >= 15 is 0 Å². The molecule has 1 atom stereocenters. The molecule has 0 spiro atoms. The van der Waals surface area contributed by atoms with E-state index in [0.717, 1.165) is 24.8 Å². The van der Waals surface area contributed by atoms with Gasteiger partial charge in [0.15, 0.2) is 0 Å². The molecule has 1 saturated carbocycles. The smallest absolute Gasteiger partial charge is 0.105 e. The van der Waals surface area contributed by atoms with Crippen molar-refractivity contribution in [2.75, 3.05) is 0 Å². The Morgan fingerprint density at radius 1 is 1.50 bits per heavy atom. The topological polar surface area (TPSA) is 44.0 Å². The molecule has 0 aromatic heterocycles. The Morgan fingerprint density at radius 3 is 2.62 bits per heavy atom. The Bertz CT molecular complexity index is 443. The number of halogens is 1. The highest BCUT2D eigenvalue weighted by atomic mass is 35.5. The molecule has 0 heterocycles. The summed E-state index contributed by atoms with van der Waals surface area (Å²) in [4.78, 5) is 0. The van der Waals surface area contributed by atoms with E-state index in [1.165, 1.54) is 0 Å². The normalized spacial score (nSPS) is 21.6. The Kier molecular flexibility index (Phi) is 2.69. The van der Waals surface area contributed by atoms with E-state index in [0.29, 0.717) is 5.02 Å². The summed E-state index contributed by atoms with van der Waals surface area (Å²) in [6, 6.07) is 9.40. The Labute approximate surface area is 100 Å². The van der Waals surface area contributed by atoms with Gasteiger partial charge in [-0.2, -0.15) is 5.26 Å². The minimum atomic E-state index is -1.12. The first kappa shape index (κ1) is 11.4. The van der Waals surface area contributed by atoms with Crippen molar-refractivity contribution < 1.29 is 5.11 Å². The molecule has 1 aromatic carbocycles. The third-order valence-electron chi connectivity index (χ3n) is 3.74. The van der Waals surface area contributed by atoms with Gasteiger partial charge in [-0.05, 0) is 37.5 Å². The van der Waals surface area contributed by atoms with Crippen LogP contribution in [-0.4, -0.2) is 5.11 Å². The summed E-state index contributed by atoms with van der Waals surface area (Å²) in [5.74, 6) is 0. The number of benzene rings is 1. The van der Waals surface area contributed by atoms with E-state index in [9.17, 15) is 10.4 Å². The van der Waals surface area contributed by atoms with Crippen LogP contribution < -0.4 is 0 Å². The van der Waals surface area contributed by atoms with Crippen molar-refractivity contribution in [3.05, 3.63) is 34.9 Å². The quantitative estimate of drug-likeness (QED) is 0.855. The highest BCUT2D eigenvalue weighted by molar-refractivity contribution is 6.30. The minimum Gasteiger partial charge on any atom is -0.384 e. The summed E-state index contributed by atoms with van der Waals surface area (Å²) in [7, 11) is 0. The van der Waals surface area contributed by atoms with Gasteiger partial charge >= 0.3 is 0 Å². The molecule has 0 aliphatic heterocycles. The minimum absolute atomic E-state index is 0.588. The molecular weight excluding hydrogens is 222 g/mol. The molecule has 84 valence electrons. The summed E-state index contributed by atoms with van der Waals surface area (Å²) in [5, 5.41) is 20.4. The highest BCUT2D eigenvalue weighted by Crippen LogP contribution is 2.53. The van der Waals surface area contributed by atoms with Crippen molar-refractivity contribution in [3.63, 3.8) is 0 Å². The SMILES string of the molecule is CC(O)(c1cccc(Cl)c1)C1(C#N)CCC1. The Balaban J connectivity index is 2.42. The van der Waals surface area contributed by atoms with Crippen LogP contribution in [0.4, 0.5) is 0 Å². The molecule has 1 aliphatic carbocycles. The van der Waals surface area contributed by atoms with E-state index in [4.69, 9.17) is 11.6 Å². The van der Waals surface area contributed by atoms with Gasteiger partial charge in [-0.15, -0.1) is 0 Å². The lowest BCUT2D eigenvalue weighted by Crippen LogP contribution is -2.47. The maximum atomic E-state index is 10.6. The van der Waals surface area contributed by atoms with Crippen LogP contribution in [0.15, 0.2) is 24.3 Å². The molecule has 2 rings (SSSR count). The Hall–Kier alpha value is -1.04. The van der Waals surface area contributed by atoms with E-state index in [1.807, 2.05) is 6.07 Å². The van der Waals surface area contributed by atoms with Crippen LogP contribution in [0.1, 0.15) is 31.7 Å². The first-order chi connectivity index (χ1) is 7.52. The molecule has 16 heavy (non-hydrogen) atoms. The van der Waals surface area contributed by atoms with Gasteiger partial charge in [0, 0.05) is 5.02 Å². The fraction of sp³-hybridized carbons (Fsp3) is 0.462. The maximum absolute atomic E-state index is 10.6. The zero-order valence-electron chi connectivity index (χ0n) is 9.20. The summed E-state index contributed by atoms with van der Waals surface area (Å²) < 4.78 is 0. The number of nitrogens with zero attached hydrogens (tertiary/aromatic N) is 1. The Morgan fingerprint density at radius 2 is 2.19 bits per heavy atom. The van der Waals surface area contributed by atoms with Crippen LogP contribution in [0.2, 0.25) is 5.02 Å². The van der Waals surface area contributed by atoms with Gasteiger partial charge in [0.1, 0.15) is 5.60 Å². The van der Waals surface area contributed by atoms with Crippen molar-refractivity contribution in [1.29, 1.82) is 5.26 Å². The average molecular weight is 236 g/mol. The lowest BCUT2D eigenvalue weighted by atomic mass is 9.58. The van der Waals surface area contributed by atoms with Gasteiger partial charge in [0.2, 0.25) is 0 Å². The molecule has 1 unspecified atom stereocenters. The summed E-state index contributed by atoms with van der Waals surface area (Å²) in [5.41, 5.74) is -1.04. The number of hydrogen-bond acceptors (Lipinski definition) is 2. The summed E-state index contributed by atoms with van der Waals surface area (Å²) in [6.45, 7) is 1.71. The van der Waals surface area contributed by atoms with Gasteiger partial charge in [0.25, 0.3) is 0 Å². The lowest BCUT2D eigenvalue weighted by molar-refractivity contribution is -0.0858. The van der Waals surface area contributed by atoms with E-state index in [-0.39, 0.29) is 0 Å².